The zero-order valence-electron chi connectivity index (χ0n) is 8.03. The fourth-order valence-electron chi connectivity index (χ4n) is 1.32. The molecule has 0 saturated carbocycles. The van der Waals surface area contributed by atoms with E-state index >= 15 is 0 Å². The van der Waals surface area contributed by atoms with Gasteiger partial charge in [0.1, 0.15) is 5.75 Å². The average Bonchev–Trinajstić information content (AvgIpc) is 2.64. The van der Waals surface area contributed by atoms with Crippen molar-refractivity contribution in [2.75, 3.05) is 12.8 Å². The van der Waals surface area contributed by atoms with Gasteiger partial charge in [-0.05, 0) is 28.1 Å². The number of hydrogen-bond acceptors (Lipinski definition) is 4. The molecule has 4 nitrogen and oxygen atoms in total. The number of aromatic nitrogens is 1. The Bertz CT molecular complexity index is 482. The van der Waals surface area contributed by atoms with Crippen molar-refractivity contribution in [3.8, 4) is 17.1 Å². The van der Waals surface area contributed by atoms with E-state index in [9.17, 15) is 0 Å². The van der Waals surface area contributed by atoms with E-state index in [-0.39, 0.29) is 6.01 Å². The molecule has 0 bridgehead atoms. The molecule has 1 aromatic heterocycles. The standard InChI is InChI=1S/C10H9BrN2O2/c1-14-7-4-2-3-6(11)9(7)8-5-13-10(12)15-8/h2-5H,1H3,(H2,12,13). The van der Waals surface area contributed by atoms with Crippen LogP contribution in [0.5, 0.6) is 5.75 Å². The lowest BCUT2D eigenvalue weighted by molar-refractivity contribution is 0.414. The van der Waals surface area contributed by atoms with E-state index in [1.165, 1.54) is 0 Å². The summed E-state index contributed by atoms with van der Waals surface area (Å²) in [5, 5.41) is 0. The summed E-state index contributed by atoms with van der Waals surface area (Å²) in [7, 11) is 1.60. The van der Waals surface area contributed by atoms with Crippen LogP contribution in [0.4, 0.5) is 6.01 Å². The van der Waals surface area contributed by atoms with E-state index in [1.54, 1.807) is 13.3 Å². The Morgan fingerprint density at radius 1 is 1.47 bits per heavy atom. The molecule has 0 amide bonds. The summed E-state index contributed by atoms with van der Waals surface area (Å²) in [6.45, 7) is 0. The number of nitrogen functional groups attached to an aromatic ring is 1. The van der Waals surface area contributed by atoms with Gasteiger partial charge >= 0.3 is 0 Å². The van der Waals surface area contributed by atoms with Crippen LogP contribution in [-0.2, 0) is 0 Å². The molecule has 2 aromatic rings. The summed E-state index contributed by atoms with van der Waals surface area (Å²) < 4.78 is 11.4. The number of anilines is 1. The molecule has 0 fully saturated rings. The van der Waals surface area contributed by atoms with E-state index in [4.69, 9.17) is 14.9 Å². The predicted octanol–water partition coefficient (Wildman–Crippen LogP) is 2.69. The van der Waals surface area contributed by atoms with Gasteiger partial charge in [-0.3, -0.25) is 0 Å². The molecule has 2 rings (SSSR count). The second kappa shape index (κ2) is 3.94. The molecule has 0 radical (unpaired) electrons. The van der Waals surface area contributed by atoms with Gasteiger partial charge in [0.05, 0.1) is 18.9 Å². The molecule has 1 heterocycles. The topological polar surface area (TPSA) is 61.3 Å². The summed E-state index contributed by atoms with van der Waals surface area (Å²) in [5.41, 5.74) is 6.23. The van der Waals surface area contributed by atoms with Crippen LogP contribution in [0.25, 0.3) is 11.3 Å². The highest BCUT2D eigenvalue weighted by Crippen LogP contribution is 2.36. The van der Waals surface area contributed by atoms with E-state index in [0.29, 0.717) is 11.5 Å². The highest BCUT2D eigenvalue weighted by Gasteiger charge is 2.13. The summed E-state index contributed by atoms with van der Waals surface area (Å²) in [5.74, 6) is 1.29. The van der Waals surface area contributed by atoms with Crippen molar-refractivity contribution < 1.29 is 9.15 Å². The first kappa shape index (κ1) is 10.0. The van der Waals surface area contributed by atoms with Crippen LogP contribution < -0.4 is 10.5 Å². The minimum absolute atomic E-state index is 0.141. The Hall–Kier alpha value is -1.49. The van der Waals surface area contributed by atoms with Crippen LogP contribution in [0.1, 0.15) is 0 Å². The molecule has 5 heteroatoms. The van der Waals surface area contributed by atoms with Crippen LogP contribution in [0.2, 0.25) is 0 Å². The van der Waals surface area contributed by atoms with E-state index in [2.05, 4.69) is 20.9 Å². The first-order valence-electron chi connectivity index (χ1n) is 4.26. The van der Waals surface area contributed by atoms with Gasteiger partial charge in [0.15, 0.2) is 5.76 Å². The minimum atomic E-state index is 0.141. The Labute approximate surface area is 95.2 Å². The Morgan fingerprint density at radius 3 is 2.87 bits per heavy atom. The Kier molecular flexibility index (Phi) is 2.64. The lowest BCUT2D eigenvalue weighted by Gasteiger charge is -2.06. The van der Waals surface area contributed by atoms with E-state index < -0.39 is 0 Å². The lowest BCUT2D eigenvalue weighted by atomic mass is 10.1. The molecule has 78 valence electrons. The quantitative estimate of drug-likeness (QED) is 0.910. The lowest BCUT2D eigenvalue weighted by Crippen LogP contribution is -1.87. The normalized spacial score (nSPS) is 10.3. The van der Waals surface area contributed by atoms with Crippen molar-refractivity contribution in [2.45, 2.75) is 0 Å². The molecular weight excluding hydrogens is 260 g/mol. The average molecular weight is 269 g/mol. The number of nitrogens with zero attached hydrogens (tertiary/aromatic N) is 1. The van der Waals surface area contributed by atoms with Crippen LogP contribution in [0.3, 0.4) is 0 Å². The maximum atomic E-state index is 5.42. The number of oxazole rings is 1. The van der Waals surface area contributed by atoms with Crippen LogP contribution in [-0.4, -0.2) is 12.1 Å². The third kappa shape index (κ3) is 1.83. The molecule has 0 unspecified atom stereocenters. The predicted molar refractivity (Wildman–Crippen MR) is 60.6 cm³/mol. The van der Waals surface area contributed by atoms with Gasteiger partial charge in [0.2, 0.25) is 0 Å². The van der Waals surface area contributed by atoms with Gasteiger partial charge in [0, 0.05) is 4.47 Å². The molecule has 0 aliphatic heterocycles. The highest BCUT2D eigenvalue weighted by molar-refractivity contribution is 9.10. The monoisotopic (exact) mass is 268 g/mol. The number of nitrogens with two attached hydrogens (primary N) is 1. The van der Waals surface area contributed by atoms with Crippen molar-refractivity contribution in [1.82, 2.24) is 4.98 Å². The number of halogens is 1. The maximum absolute atomic E-state index is 5.42. The van der Waals surface area contributed by atoms with Gasteiger partial charge < -0.3 is 14.9 Å². The van der Waals surface area contributed by atoms with Gasteiger partial charge in [-0.2, -0.15) is 0 Å². The third-order valence-electron chi connectivity index (χ3n) is 1.97. The largest absolute Gasteiger partial charge is 0.496 e. The number of benzene rings is 1. The molecule has 0 saturated heterocycles. The van der Waals surface area contributed by atoms with Crippen LogP contribution >= 0.6 is 15.9 Å². The van der Waals surface area contributed by atoms with Gasteiger partial charge in [-0.15, -0.1) is 0 Å². The second-order valence-corrected chi connectivity index (χ2v) is 3.73. The number of ether oxygens (including phenoxy) is 1. The molecule has 0 aliphatic rings. The first-order valence-corrected chi connectivity index (χ1v) is 5.06. The summed E-state index contributed by atoms with van der Waals surface area (Å²) in [6, 6.07) is 5.77. The maximum Gasteiger partial charge on any atom is 0.292 e. The number of rotatable bonds is 2. The minimum Gasteiger partial charge on any atom is -0.496 e. The van der Waals surface area contributed by atoms with Crippen molar-refractivity contribution >= 4 is 21.9 Å². The van der Waals surface area contributed by atoms with Crippen molar-refractivity contribution in [1.29, 1.82) is 0 Å². The fourth-order valence-corrected chi connectivity index (χ4v) is 1.86. The third-order valence-corrected chi connectivity index (χ3v) is 2.63. The second-order valence-electron chi connectivity index (χ2n) is 2.88. The van der Waals surface area contributed by atoms with Crippen LogP contribution in [0, 0.1) is 0 Å². The molecule has 1 aromatic carbocycles. The SMILES string of the molecule is COc1cccc(Br)c1-c1cnc(N)o1. The van der Waals surface area contributed by atoms with Crippen molar-refractivity contribution in [3.05, 3.63) is 28.9 Å². The van der Waals surface area contributed by atoms with Crippen molar-refractivity contribution in [3.63, 3.8) is 0 Å². The fraction of sp³-hybridized carbons (Fsp3) is 0.100. The van der Waals surface area contributed by atoms with Gasteiger partial charge in [-0.1, -0.05) is 6.07 Å². The zero-order chi connectivity index (χ0) is 10.8. The van der Waals surface area contributed by atoms with E-state index in [0.717, 1.165) is 10.0 Å². The Balaban J connectivity index is 2.60. The molecule has 0 aliphatic carbocycles. The summed E-state index contributed by atoms with van der Waals surface area (Å²) >= 11 is 3.43. The summed E-state index contributed by atoms with van der Waals surface area (Å²) in [6.07, 6.45) is 1.57. The number of hydrogen-bond donors (Lipinski definition) is 1. The Morgan fingerprint density at radius 2 is 2.27 bits per heavy atom. The first-order chi connectivity index (χ1) is 7.22. The molecule has 2 N–H and O–H groups in total. The van der Waals surface area contributed by atoms with E-state index in [1.807, 2.05) is 18.2 Å². The highest BCUT2D eigenvalue weighted by atomic mass is 79.9. The van der Waals surface area contributed by atoms with Gasteiger partial charge in [0.25, 0.3) is 6.01 Å². The molecule has 15 heavy (non-hydrogen) atoms. The smallest absolute Gasteiger partial charge is 0.292 e. The van der Waals surface area contributed by atoms with Gasteiger partial charge in [-0.25, -0.2) is 4.98 Å². The zero-order valence-corrected chi connectivity index (χ0v) is 9.61. The summed E-state index contributed by atoms with van der Waals surface area (Å²) in [4.78, 5) is 3.84. The molecule has 0 spiro atoms. The molecule has 0 atom stereocenters. The number of methoxy groups -OCH3 is 1. The molecular formula is C10H9BrN2O2. The van der Waals surface area contributed by atoms with Crippen molar-refractivity contribution in [2.24, 2.45) is 0 Å². The van der Waals surface area contributed by atoms with Crippen LogP contribution in [0.15, 0.2) is 33.3 Å².